The number of carbonyl (C=O) groups is 3. The smallest absolute Gasteiger partial charge is 0.329 e. The molecule has 1 aliphatic rings. The van der Waals surface area contributed by atoms with Crippen LogP contribution in [0.25, 0.3) is 11.0 Å². The van der Waals surface area contributed by atoms with Crippen LogP contribution in [-0.2, 0) is 9.53 Å². The number of hydrogen-bond donors (Lipinski definition) is 0. The summed E-state index contributed by atoms with van der Waals surface area (Å²) < 4.78 is 10.8. The second-order valence-electron chi connectivity index (χ2n) is 7.06. The molecule has 1 amide bonds. The first-order chi connectivity index (χ1) is 14.1. The molecule has 2 heterocycles. The predicted molar refractivity (Wildman–Crippen MR) is 107 cm³/mol. The Bertz CT molecular complexity index is 1010. The lowest BCUT2D eigenvalue weighted by molar-refractivity contribution is -0.149. The highest BCUT2D eigenvalue weighted by Crippen LogP contribution is 2.22. The Morgan fingerprint density at radius 2 is 1.76 bits per heavy atom. The van der Waals surface area contributed by atoms with Gasteiger partial charge in [-0.2, -0.15) is 0 Å². The molecule has 0 saturated carbocycles. The molecule has 148 valence electrons. The second kappa shape index (κ2) is 8.31. The predicted octanol–water partition coefficient (Wildman–Crippen LogP) is 3.85. The molecule has 0 aliphatic carbocycles. The molecular formula is C23H21NO5. The first kappa shape index (κ1) is 18.9. The number of fused-ring (bicyclic) bond motifs is 1. The monoisotopic (exact) mass is 391 g/mol. The van der Waals surface area contributed by atoms with Crippen molar-refractivity contribution in [3.63, 3.8) is 0 Å². The lowest BCUT2D eigenvalue weighted by Gasteiger charge is -2.34. The number of esters is 1. The third-order valence-corrected chi connectivity index (χ3v) is 5.10. The topological polar surface area (TPSA) is 76.8 Å². The Morgan fingerprint density at radius 3 is 2.55 bits per heavy atom. The summed E-state index contributed by atoms with van der Waals surface area (Å²) >= 11 is 0. The molecular weight excluding hydrogens is 370 g/mol. The molecule has 29 heavy (non-hydrogen) atoms. The van der Waals surface area contributed by atoms with Crippen molar-refractivity contribution in [3.05, 3.63) is 72.0 Å². The average Bonchev–Trinajstić information content (AvgIpc) is 3.22. The Kier molecular flexibility index (Phi) is 5.42. The lowest BCUT2D eigenvalue weighted by Crippen LogP contribution is -2.48. The van der Waals surface area contributed by atoms with Gasteiger partial charge in [-0.15, -0.1) is 0 Å². The zero-order valence-corrected chi connectivity index (χ0v) is 15.9. The van der Waals surface area contributed by atoms with E-state index >= 15 is 0 Å². The zero-order valence-electron chi connectivity index (χ0n) is 15.9. The molecule has 0 spiro atoms. The molecule has 0 bridgehead atoms. The summed E-state index contributed by atoms with van der Waals surface area (Å²) in [6.07, 6.45) is 2.19. The van der Waals surface area contributed by atoms with Crippen LogP contribution in [0.5, 0.6) is 0 Å². The normalized spacial score (nSPS) is 16.6. The van der Waals surface area contributed by atoms with E-state index in [9.17, 15) is 14.4 Å². The minimum absolute atomic E-state index is 0.153. The number of hydrogen-bond acceptors (Lipinski definition) is 5. The highest BCUT2D eigenvalue weighted by Gasteiger charge is 2.34. The minimum atomic E-state index is -0.681. The quantitative estimate of drug-likeness (QED) is 0.488. The van der Waals surface area contributed by atoms with E-state index in [4.69, 9.17) is 9.15 Å². The first-order valence-electron chi connectivity index (χ1n) is 9.68. The molecule has 1 fully saturated rings. The summed E-state index contributed by atoms with van der Waals surface area (Å²) in [5.74, 6) is -1.01. The number of Topliss-reactive ketones (excluding diaryl/α,β-unsaturated/α-hetero) is 1. The van der Waals surface area contributed by atoms with Gasteiger partial charge in [-0.25, -0.2) is 4.79 Å². The fraction of sp³-hybridized carbons (Fsp3) is 0.261. The summed E-state index contributed by atoms with van der Waals surface area (Å²) in [5.41, 5.74) is 1.14. The van der Waals surface area contributed by atoms with E-state index in [1.165, 1.54) is 0 Å². The standard InChI is InChI=1S/C23H21NO5/c25-19(21-14-17-10-4-5-12-20(17)29-21)15-28-23(27)18-11-6-7-13-24(18)22(26)16-8-2-1-3-9-16/h1-5,8-10,12,14,18H,6-7,11,13,15H2. The molecule has 0 N–H and O–H groups in total. The molecule has 0 radical (unpaired) electrons. The SMILES string of the molecule is O=C(COC(=O)C1CCCCN1C(=O)c1ccccc1)c1cc2ccccc2o1. The van der Waals surface area contributed by atoms with Crippen LogP contribution in [0, 0.1) is 0 Å². The number of amides is 1. The van der Waals surface area contributed by atoms with Gasteiger partial charge in [0.1, 0.15) is 11.6 Å². The Labute approximate surface area is 168 Å². The van der Waals surface area contributed by atoms with Gasteiger partial charge in [0.25, 0.3) is 5.91 Å². The Morgan fingerprint density at radius 1 is 1.00 bits per heavy atom. The van der Waals surface area contributed by atoms with Gasteiger partial charge in [-0.3, -0.25) is 9.59 Å². The van der Waals surface area contributed by atoms with E-state index in [0.29, 0.717) is 24.1 Å². The van der Waals surface area contributed by atoms with Gasteiger partial charge >= 0.3 is 5.97 Å². The van der Waals surface area contributed by atoms with E-state index < -0.39 is 24.4 Å². The van der Waals surface area contributed by atoms with Crippen molar-refractivity contribution in [2.45, 2.75) is 25.3 Å². The largest absolute Gasteiger partial charge is 0.456 e. The number of benzene rings is 2. The summed E-state index contributed by atoms with van der Waals surface area (Å²) in [6.45, 7) is 0.0769. The number of nitrogens with zero attached hydrogens (tertiary/aromatic N) is 1. The van der Waals surface area contributed by atoms with Crippen molar-refractivity contribution in [1.29, 1.82) is 0 Å². The summed E-state index contributed by atoms with van der Waals surface area (Å²) in [4.78, 5) is 39.4. The van der Waals surface area contributed by atoms with Crippen molar-refractivity contribution < 1.29 is 23.5 Å². The zero-order chi connectivity index (χ0) is 20.2. The maximum absolute atomic E-state index is 12.8. The molecule has 1 atom stereocenters. The van der Waals surface area contributed by atoms with Gasteiger partial charge in [-0.05, 0) is 43.5 Å². The number of likely N-dealkylation sites (tertiary alicyclic amines) is 1. The fourth-order valence-electron chi connectivity index (χ4n) is 3.59. The molecule has 4 rings (SSSR count). The van der Waals surface area contributed by atoms with E-state index in [1.807, 2.05) is 24.3 Å². The number of ketones is 1. The van der Waals surface area contributed by atoms with Crippen LogP contribution in [-0.4, -0.2) is 41.8 Å². The van der Waals surface area contributed by atoms with Crippen LogP contribution in [0.1, 0.15) is 40.2 Å². The number of para-hydroxylation sites is 1. The van der Waals surface area contributed by atoms with Gasteiger partial charge in [0.2, 0.25) is 5.78 Å². The van der Waals surface area contributed by atoms with Crippen molar-refractivity contribution in [3.8, 4) is 0 Å². The van der Waals surface area contributed by atoms with Crippen LogP contribution in [0.2, 0.25) is 0 Å². The van der Waals surface area contributed by atoms with Crippen LogP contribution < -0.4 is 0 Å². The van der Waals surface area contributed by atoms with Crippen molar-refractivity contribution in [1.82, 2.24) is 4.90 Å². The Hall–Kier alpha value is -3.41. The molecule has 1 aliphatic heterocycles. The van der Waals surface area contributed by atoms with Crippen molar-refractivity contribution in [2.24, 2.45) is 0 Å². The van der Waals surface area contributed by atoms with Gasteiger partial charge in [-0.1, -0.05) is 36.4 Å². The molecule has 6 heteroatoms. The molecule has 3 aromatic rings. The fourth-order valence-corrected chi connectivity index (χ4v) is 3.59. The maximum Gasteiger partial charge on any atom is 0.329 e. The number of ether oxygens (including phenoxy) is 1. The first-order valence-corrected chi connectivity index (χ1v) is 9.68. The van der Waals surface area contributed by atoms with Gasteiger partial charge in [0.15, 0.2) is 12.4 Å². The van der Waals surface area contributed by atoms with Crippen LogP contribution >= 0.6 is 0 Å². The third-order valence-electron chi connectivity index (χ3n) is 5.10. The van der Waals surface area contributed by atoms with Crippen molar-refractivity contribution in [2.75, 3.05) is 13.2 Å². The van der Waals surface area contributed by atoms with Gasteiger partial charge in [0.05, 0.1) is 0 Å². The van der Waals surface area contributed by atoms with E-state index in [1.54, 1.807) is 41.3 Å². The van der Waals surface area contributed by atoms with Crippen LogP contribution in [0.4, 0.5) is 0 Å². The third kappa shape index (κ3) is 4.06. The van der Waals surface area contributed by atoms with Crippen LogP contribution in [0.3, 0.4) is 0 Å². The molecule has 1 saturated heterocycles. The molecule has 1 aromatic heterocycles. The molecule has 1 unspecified atom stereocenters. The van der Waals surface area contributed by atoms with E-state index in [-0.39, 0.29) is 11.7 Å². The minimum Gasteiger partial charge on any atom is -0.456 e. The average molecular weight is 391 g/mol. The number of furan rings is 1. The van der Waals surface area contributed by atoms with E-state index in [0.717, 1.165) is 18.2 Å². The number of rotatable bonds is 5. The van der Waals surface area contributed by atoms with Crippen LogP contribution in [0.15, 0.2) is 65.1 Å². The summed E-state index contributed by atoms with van der Waals surface area (Å²) in [6, 6.07) is 17.1. The second-order valence-corrected chi connectivity index (χ2v) is 7.06. The highest BCUT2D eigenvalue weighted by molar-refractivity contribution is 6.00. The number of piperidine rings is 1. The van der Waals surface area contributed by atoms with Gasteiger partial charge in [0, 0.05) is 17.5 Å². The maximum atomic E-state index is 12.8. The molecule has 2 aromatic carbocycles. The summed E-state index contributed by atoms with van der Waals surface area (Å²) in [5, 5.41) is 0.814. The Balaban J connectivity index is 1.42. The number of carbonyl (C=O) groups excluding carboxylic acids is 3. The van der Waals surface area contributed by atoms with Crippen molar-refractivity contribution >= 4 is 28.6 Å². The summed E-state index contributed by atoms with van der Waals surface area (Å²) in [7, 11) is 0. The molecule has 6 nitrogen and oxygen atoms in total. The lowest BCUT2D eigenvalue weighted by atomic mass is 10.0. The van der Waals surface area contributed by atoms with Gasteiger partial charge < -0.3 is 14.1 Å². The van der Waals surface area contributed by atoms with E-state index in [2.05, 4.69) is 0 Å². The highest BCUT2D eigenvalue weighted by atomic mass is 16.5.